The largest absolute Gasteiger partial charge is 0.496 e. The van der Waals surface area contributed by atoms with Crippen LogP contribution in [0.1, 0.15) is 18.1 Å². The molecule has 4 nitrogen and oxygen atoms in total. The lowest BCUT2D eigenvalue weighted by atomic mass is 9.89. The van der Waals surface area contributed by atoms with E-state index in [1.807, 2.05) is 44.0 Å². The van der Waals surface area contributed by atoms with Crippen molar-refractivity contribution in [1.82, 2.24) is 9.80 Å². The first-order valence-electron chi connectivity index (χ1n) is 6.20. The fourth-order valence-corrected chi connectivity index (χ4v) is 2.57. The van der Waals surface area contributed by atoms with Crippen LogP contribution in [0, 0.1) is 6.92 Å². The van der Waals surface area contributed by atoms with Crippen LogP contribution in [0.4, 0.5) is 0 Å². The van der Waals surface area contributed by atoms with E-state index in [0.717, 1.165) is 16.9 Å². The molecule has 4 heteroatoms. The van der Waals surface area contributed by atoms with E-state index in [4.69, 9.17) is 4.74 Å². The number of aryl methyl sites for hydroxylation is 1. The molecule has 1 atom stereocenters. The zero-order valence-electron chi connectivity index (χ0n) is 12.2. The molecule has 1 aliphatic heterocycles. The lowest BCUT2D eigenvalue weighted by Gasteiger charge is -2.32. The molecule has 1 heterocycles. The molecule has 1 fully saturated rings. The number of hydrogen-bond donors (Lipinski definition) is 0. The molecule has 0 N–H and O–H groups in total. The number of rotatable bonds is 2. The second kappa shape index (κ2) is 4.30. The van der Waals surface area contributed by atoms with Crippen LogP contribution in [-0.2, 0) is 10.3 Å². The van der Waals surface area contributed by atoms with Crippen LogP contribution >= 0.6 is 0 Å². The first kappa shape index (κ1) is 13.5. The number of benzene rings is 1. The third-order valence-electron chi connectivity index (χ3n) is 4.05. The third kappa shape index (κ3) is 1.70. The van der Waals surface area contributed by atoms with Crippen LogP contribution < -0.4 is 4.74 Å². The summed E-state index contributed by atoms with van der Waals surface area (Å²) in [6, 6.07) is 5.88. The molecule has 19 heavy (non-hydrogen) atoms. The number of amides is 1. The second-order valence-electron chi connectivity index (χ2n) is 5.12. The van der Waals surface area contributed by atoms with Gasteiger partial charge in [0.05, 0.1) is 7.11 Å². The van der Waals surface area contributed by atoms with Crippen LogP contribution in [0.15, 0.2) is 30.6 Å². The van der Waals surface area contributed by atoms with Crippen molar-refractivity contribution in [2.24, 2.45) is 0 Å². The molecule has 0 aliphatic carbocycles. The Labute approximate surface area is 114 Å². The predicted molar refractivity (Wildman–Crippen MR) is 74.8 cm³/mol. The van der Waals surface area contributed by atoms with E-state index in [2.05, 4.69) is 6.58 Å². The Bertz CT molecular complexity index is 553. The Morgan fingerprint density at radius 1 is 1.32 bits per heavy atom. The highest BCUT2D eigenvalue weighted by molar-refractivity contribution is 5.92. The maximum atomic E-state index is 12.6. The highest BCUT2D eigenvalue weighted by Crippen LogP contribution is 2.42. The van der Waals surface area contributed by atoms with Gasteiger partial charge in [-0.2, -0.15) is 0 Å². The summed E-state index contributed by atoms with van der Waals surface area (Å²) >= 11 is 0. The normalized spacial score (nSPS) is 23.2. The highest BCUT2D eigenvalue weighted by atomic mass is 16.5. The van der Waals surface area contributed by atoms with E-state index in [0.29, 0.717) is 5.82 Å². The van der Waals surface area contributed by atoms with Crippen molar-refractivity contribution in [2.45, 2.75) is 19.4 Å². The lowest BCUT2D eigenvalue weighted by molar-refractivity contribution is -0.132. The summed E-state index contributed by atoms with van der Waals surface area (Å²) in [5.74, 6) is 1.41. The molecule has 1 aromatic rings. The molecule has 0 saturated carbocycles. The number of nitrogens with zero attached hydrogens (tertiary/aromatic N) is 2. The minimum atomic E-state index is -0.775. The van der Waals surface area contributed by atoms with Gasteiger partial charge >= 0.3 is 0 Å². The lowest BCUT2D eigenvalue weighted by Crippen LogP contribution is -2.41. The van der Waals surface area contributed by atoms with Crippen molar-refractivity contribution >= 4 is 5.91 Å². The number of ether oxygens (including phenoxy) is 1. The fraction of sp³-hybridized carbons (Fsp3) is 0.400. The van der Waals surface area contributed by atoms with Gasteiger partial charge in [0.1, 0.15) is 17.1 Å². The molecule has 1 aromatic carbocycles. The van der Waals surface area contributed by atoms with E-state index >= 15 is 0 Å². The number of methoxy groups -OCH3 is 1. The molecule has 0 aromatic heterocycles. The van der Waals surface area contributed by atoms with Crippen molar-refractivity contribution in [2.75, 3.05) is 21.2 Å². The average Bonchev–Trinajstić information content (AvgIpc) is 2.55. The van der Waals surface area contributed by atoms with Crippen LogP contribution in [0.2, 0.25) is 0 Å². The van der Waals surface area contributed by atoms with Crippen molar-refractivity contribution in [3.05, 3.63) is 41.7 Å². The van der Waals surface area contributed by atoms with Crippen molar-refractivity contribution in [1.29, 1.82) is 0 Å². The molecule has 2 rings (SSSR count). The van der Waals surface area contributed by atoms with E-state index in [1.165, 1.54) is 0 Å². The smallest absolute Gasteiger partial charge is 0.258 e. The number of carbonyl (C=O) groups is 1. The van der Waals surface area contributed by atoms with E-state index in [1.54, 1.807) is 19.1 Å². The van der Waals surface area contributed by atoms with Gasteiger partial charge < -0.3 is 9.64 Å². The second-order valence-corrected chi connectivity index (χ2v) is 5.12. The van der Waals surface area contributed by atoms with Gasteiger partial charge in [-0.25, -0.2) is 0 Å². The Kier molecular flexibility index (Phi) is 3.04. The standard InChI is InChI=1S/C15H20N2O2/c1-10-7-8-13(19-6)12(9-10)15(3)14(18)16(4)11(2)17(15)5/h7-9H,2H2,1,3-6H3. The minimum Gasteiger partial charge on any atom is -0.496 e. The van der Waals surface area contributed by atoms with Gasteiger partial charge in [-0.15, -0.1) is 0 Å². The summed E-state index contributed by atoms with van der Waals surface area (Å²) < 4.78 is 5.42. The first-order chi connectivity index (χ1) is 8.83. The Balaban J connectivity index is 2.66. The Morgan fingerprint density at radius 2 is 1.95 bits per heavy atom. The third-order valence-corrected chi connectivity index (χ3v) is 4.05. The Morgan fingerprint density at radius 3 is 2.42 bits per heavy atom. The molecule has 1 unspecified atom stereocenters. The van der Waals surface area contributed by atoms with E-state index < -0.39 is 5.54 Å². The minimum absolute atomic E-state index is 0.00361. The molecule has 0 bridgehead atoms. The quantitative estimate of drug-likeness (QED) is 0.816. The predicted octanol–water partition coefficient (Wildman–Crippen LogP) is 2.09. The van der Waals surface area contributed by atoms with Crippen molar-refractivity contribution in [3.63, 3.8) is 0 Å². The molecule has 0 radical (unpaired) electrons. The monoisotopic (exact) mass is 260 g/mol. The molecule has 1 aliphatic rings. The van der Waals surface area contributed by atoms with Crippen molar-refractivity contribution in [3.8, 4) is 5.75 Å². The summed E-state index contributed by atoms with van der Waals surface area (Å²) in [7, 11) is 5.25. The highest BCUT2D eigenvalue weighted by Gasteiger charge is 2.50. The van der Waals surface area contributed by atoms with Crippen LogP contribution in [0.5, 0.6) is 5.75 Å². The van der Waals surface area contributed by atoms with Crippen molar-refractivity contribution < 1.29 is 9.53 Å². The SMILES string of the molecule is C=C1N(C)C(=O)C(C)(c2cc(C)ccc2OC)N1C. The van der Waals surface area contributed by atoms with Gasteiger partial charge in [0, 0.05) is 19.7 Å². The van der Waals surface area contributed by atoms with Gasteiger partial charge in [-0.3, -0.25) is 9.69 Å². The maximum absolute atomic E-state index is 12.6. The Hall–Kier alpha value is -1.97. The topological polar surface area (TPSA) is 32.8 Å². The van der Waals surface area contributed by atoms with E-state index in [9.17, 15) is 4.79 Å². The number of hydrogen-bond acceptors (Lipinski definition) is 3. The summed E-state index contributed by atoms with van der Waals surface area (Å²) in [6.45, 7) is 7.86. The van der Waals surface area contributed by atoms with Gasteiger partial charge in [0.2, 0.25) is 0 Å². The summed E-state index contributed by atoms with van der Waals surface area (Å²) in [5.41, 5.74) is 1.19. The summed E-state index contributed by atoms with van der Waals surface area (Å²) in [6.07, 6.45) is 0. The molecule has 1 saturated heterocycles. The zero-order chi connectivity index (χ0) is 14.4. The summed E-state index contributed by atoms with van der Waals surface area (Å²) in [4.78, 5) is 16.1. The van der Waals surface area contributed by atoms with Gasteiger partial charge in [-0.05, 0) is 26.0 Å². The van der Waals surface area contributed by atoms with Gasteiger partial charge in [0.15, 0.2) is 0 Å². The molecule has 102 valence electrons. The van der Waals surface area contributed by atoms with Crippen LogP contribution in [0.25, 0.3) is 0 Å². The van der Waals surface area contributed by atoms with Crippen LogP contribution in [-0.4, -0.2) is 36.9 Å². The summed E-state index contributed by atoms with van der Waals surface area (Å²) in [5, 5.41) is 0. The first-order valence-corrected chi connectivity index (χ1v) is 6.20. The molecular formula is C15H20N2O2. The van der Waals surface area contributed by atoms with Gasteiger partial charge in [0.25, 0.3) is 5.91 Å². The zero-order valence-corrected chi connectivity index (χ0v) is 12.2. The number of carbonyl (C=O) groups excluding carboxylic acids is 1. The van der Waals surface area contributed by atoms with Gasteiger partial charge in [-0.1, -0.05) is 18.2 Å². The fourth-order valence-electron chi connectivity index (χ4n) is 2.57. The average molecular weight is 260 g/mol. The molecule has 0 spiro atoms. The number of likely N-dealkylation sites (N-methyl/N-ethyl adjacent to an activating group) is 2. The maximum Gasteiger partial charge on any atom is 0.258 e. The molecule has 1 amide bonds. The molecular weight excluding hydrogens is 240 g/mol. The van der Waals surface area contributed by atoms with E-state index in [-0.39, 0.29) is 5.91 Å². The van der Waals surface area contributed by atoms with Crippen LogP contribution in [0.3, 0.4) is 0 Å².